The first-order chi connectivity index (χ1) is 5.08. The summed E-state index contributed by atoms with van der Waals surface area (Å²) < 4.78 is 4.20. The van der Waals surface area contributed by atoms with Gasteiger partial charge in [-0.25, -0.2) is 15.0 Å². The highest BCUT2D eigenvalue weighted by molar-refractivity contribution is 5.81. The Hall–Kier alpha value is -1.45. The molecule has 5 heteroatoms. The van der Waals surface area contributed by atoms with Gasteiger partial charge in [0.2, 0.25) is 6.08 Å². The molecule has 0 fully saturated rings. The minimum atomic E-state index is -1.04. The second kappa shape index (κ2) is 8.55. The van der Waals surface area contributed by atoms with E-state index in [0.29, 0.717) is 0 Å². The van der Waals surface area contributed by atoms with E-state index in [9.17, 15) is 4.79 Å². The number of esters is 1. The Morgan fingerprint density at radius 3 is 2.36 bits per heavy atom. The number of aliphatic hydroxyl groups excluding tert-OH is 1. The number of ether oxygens (including phenoxy) is 1. The number of hydrogen-bond donors (Lipinski definition) is 2. The van der Waals surface area contributed by atoms with Gasteiger partial charge >= 0.3 is 5.97 Å². The number of hydrogen-bond acceptors (Lipinski definition) is 5. The topological polar surface area (TPSA) is 87.4 Å². The van der Waals surface area contributed by atoms with Gasteiger partial charge in [0.25, 0.3) is 0 Å². The molecule has 0 aromatic heterocycles. The number of carbonyl (C=O) groups is 1. The maximum Gasteiger partial charge on any atom is 0.332 e. The molecule has 5 nitrogen and oxygen atoms in total. The van der Waals surface area contributed by atoms with Crippen molar-refractivity contribution in [2.45, 2.75) is 13.2 Å². The van der Waals surface area contributed by atoms with Gasteiger partial charge in [0.05, 0.1) is 0 Å². The molecule has 0 aliphatic rings. The molecule has 0 heterocycles. The molecule has 11 heavy (non-hydrogen) atoms. The third kappa shape index (κ3) is 17.7. The minimum absolute atomic E-state index is 0.611. The van der Waals surface area contributed by atoms with Crippen LogP contribution in [0.4, 0.5) is 0 Å². The smallest absolute Gasteiger partial charge is 0.332 e. The molecular weight excluding hydrogens is 150 g/mol. The van der Waals surface area contributed by atoms with E-state index in [-0.39, 0.29) is 0 Å². The Bertz CT molecular complexity index is 158. The quantitative estimate of drug-likeness (QED) is 0.194. The molecule has 0 aliphatic heterocycles. The molecule has 0 aromatic rings. The van der Waals surface area contributed by atoms with Crippen molar-refractivity contribution in [2.75, 3.05) is 0 Å². The lowest BCUT2D eigenvalue weighted by Gasteiger charge is -2.01. The van der Waals surface area contributed by atoms with Crippen LogP contribution in [0.15, 0.2) is 12.7 Å². The summed E-state index contributed by atoms with van der Waals surface area (Å²) in [5.74, 6) is -0.611. The molecule has 0 radical (unpaired) electrons. The van der Waals surface area contributed by atoms with E-state index < -0.39 is 12.3 Å². The molecule has 0 spiro atoms. The van der Waals surface area contributed by atoms with Crippen LogP contribution in [-0.2, 0) is 14.3 Å². The van der Waals surface area contributed by atoms with Crippen molar-refractivity contribution in [3.8, 4) is 0 Å². The predicted molar refractivity (Wildman–Crippen MR) is 36.4 cm³/mol. The van der Waals surface area contributed by atoms with E-state index in [1.807, 2.05) is 0 Å². The van der Waals surface area contributed by atoms with E-state index in [4.69, 9.17) is 15.3 Å². The van der Waals surface area contributed by atoms with Crippen LogP contribution in [0.2, 0.25) is 0 Å². The predicted octanol–water partition coefficient (Wildman–Crippen LogP) is -0.0451. The zero-order chi connectivity index (χ0) is 9.28. The summed E-state index contributed by atoms with van der Waals surface area (Å²) in [6, 6.07) is 0. The summed E-state index contributed by atoms with van der Waals surface area (Å²) in [5.41, 5.74) is 0. The van der Waals surface area contributed by atoms with Crippen molar-refractivity contribution in [3.05, 3.63) is 12.7 Å². The standard InChI is InChI=1S/C5H8O3.CHNO/c1-3-5(7)8-4(2)6;2-1-3/h3-4,6H,1H2,2H3;2H. The fourth-order valence-corrected chi connectivity index (χ4v) is 0.216. The molecule has 1 unspecified atom stereocenters. The fourth-order valence-electron chi connectivity index (χ4n) is 0.216. The monoisotopic (exact) mass is 159 g/mol. The molecule has 0 amide bonds. The second-order valence-corrected chi connectivity index (χ2v) is 1.34. The summed E-state index contributed by atoms with van der Waals surface area (Å²) in [7, 11) is 0. The maximum absolute atomic E-state index is 10.1. The largest absolute Gasteiger partial charge is 0.433 e. The molecule has 0 rings (SSSR count). The highest BCUT2D eigenvalue weighted by Gasteiger charge is 1.97. The number of rotatable bonds is 2. The maximum atomic E-state index is 10.1. The van der Waals surface area contributed by atoms with Crippen molar-refractivity contribution in [1.29, 1.82) is 5.41 Å². The lowest BCUT2D eigenvalue weighted by Crippen LogP contribution is -2.10. The molecule has 0 bridgehead atoms. The average Bonchev–Trinajstić information content (AvgIpc) is 1.88. The van der Waals surface area contributed by atoms with Crippen LogP contribution in [0, 0.1) is 5.41 Å². The number of aliphatic hydroxyl groups is 1. The van der Waals surface area contributed by atoms with E-state index in [2.05, 4.69) is 11.3 Å². The minimum Gasteiger partial charge on any atom is -0.433 e. The molecule has 0 aliphatic carbocycles. The van der Waals surface area contributed by atoms with Crippen LogP contribution in [0.1, 0.15) is 6.92 Å². The fraction of sp³-hybridized carbons (Fsp3) is 0.333. The molecule has 0 saturated heterocycles. The summed E-state index contributed by atoms with van der Waals surface area (Å²) in [5, 5.41) is 13.8. The molecular formula is C6H9NO4. The van der Waals surface area contributed by atoms with Gasteiger partial charge < -0.3 is 9.84 Å². The highest BCUT2D eigenvalue weighted by Crippen LogP contribution is 1.84. The van der Waals surface area contributed by atoms with E-state index in [0.717, 1.165) is 12.2 Å². The molecule has 0 aromatic carbocycles. The van der Waals surface area contributed by atoms with Gasteiger partial charge in [-0.15, -0.1) is 0 Å². The normalized spacial score (nSPS) is 9.64. The Morgan fingerprint density at radius 2 is 2.27 bits per heavy atom. The number of isocyanates is 1. The van der Waals surface area contributed by atoms with Crippen LogP contribution in [0.3, 0.4) is 0 Å². The van der Waals surface area contributed by atoms with Crippen molar-refractivity contribution in [1.82, 2.24) is 0 Å². The molecule has 62 valence electrons. The van der Waals surface area contributed by atoms with Gasteiger partial charge in [-0.1, -0.05) is 6.58 Å². The van der Waals surface area contributed by atoms with Gasteiger partial charge in [0.1, 0.15) is 0 Å². The van der Waals surface area contributed by atoms with Crippen molar-refractivity contribution in [3.63, 3.8) is 0 Å². The van der Waals surface area contributed by atoms with Crippen LogP contribution in [-0.4, -0.2) is 23.4 Å². The average molecular weight is 159 g/mol. The lowest BCUT2D eigenvalue weighted by molar-refractivity contribution is -0.158. The summed E-state index contributed by atoms with van der Waals surface area (Å²) in [4.78, 5) is 18.5. The lowest BCUT2D eigenvalue weighted by atomic mass is 10.6. The molecule has 1 atom stereocenters. The van der Waals surface area contributed by atoms with Gasteiger partial charge in [-0.05, 0) is 6.92 Å². The van der Waals surface area contributed by atoms with Crippen LogP contribution in [0.25, 0.3) is 0 Å². The van der Waals surface area contributed by atoms with Gasteiger partial charge in [-0.2, -0.15) is 0 Å². The van der Waals surface area contributed by atoms with Crippen molar-refractivity contribution >= 4 is 12.0 Å². The number of nitrogens with one attached hydrogen (secondary N) is 1. The van der Waals surface area contributed by atoms with E-state index in [1.54, 1.807) is 0 Å². The first-order valence-electron chi connectivity index (χ1n) is 2.63. The zero-order valence-corrected chi connectivity index (χ0v) is 6.03. The van der Waals surface area contributed by atoms with E-state index in [1.165, 1.54) is 6.92 Å². The summed E-state index contributed by atoms with van der Waals surface area (Å²) in [6.45, 7) is 4.48. The van der Waals surface area contributed by atoms with Crippen LogP contribution >= 0.6 is 0 Å². The molecule has 2 N–H and O–H groups in total. The Kier molecular flexibility index (Phi) is 9.52. The summed E-state index contributed by atoms with van der Waals surface area (Å²) in [6.07, 6.45) is 0.702. The third-order valence-electron chi connectivity index (χ3n) is 0.453. The first kappa shape index (κ1) is 12.2. The Morgan fingerprint density at radius 1 is 1.91 bits per heavy atom. The van der Waals surface area contributed by atoms with Crippen LogP contribution < -0.4 is 0 Å². The van der Waals surface area contributed by atoms with Crippen molar-refractivity contribution < 1.29 is 19.4 Å². The Labute approximate surface area is 63.8 Å². The SMILES string of the molecule is C=CC(=O)OC(C)O.N=C=O. The first-order valence-corrected chi connectivity index (χ1v) is 2.63. The zero-order valence-electron chi connectivity index (χ0n) is 6.03. The molecule has 0 saturated carbocycles. The van der Waals surface area contributed by atoms with Gasteiger partial charge in [0.15, 0.2) is 6.29 Å². The second-order valence-electron chi connectivity index (χ2n) is 1.34. The van der Waals surface area contributed by atoms with E-state index >= 15 is 0 Å². The van der Waals surface area contributed by atoms with Gasteiger partial charge in [0, 0.05) is 6.08 Å². The van der Waals surface area contributed by atoms with Crippen LogP contribution in [0.5, 0.6) is 0 Å². The number of carbonyl (C=O) groups excluding carboxylic acids is 2. The third-order valence-corrected chi connectivity index (χ3v) is 0.453. The highest BCUT2D eigenvalue weighted by atomic mass is 16.6. The van der Waals surface area contributed by atoms with Gasteiger partial charge in [-0.3, -0.25) is 0 Å². The summed E-state index contributed by atoms with van der Waals surface area (Å²) >= 11 is 0. The van der Waals surface area contributed by atoms with Crippen molar-refractivity contribution in [2.24, 2.45) is 0 Å². The Balaban J connectivity index is 0.